The van der Waals surface area contributed by atoms with E-state index in [0.717, 1.165) is 22.9 Å². The van der Waals surface area contributed by atoms with Crippen molar-refractivity contribution in [3.63, 3.8) is 0 Å². The number of ether oxygens (including phenoxy) is 3. The predicted molar refractivity (Wildman–Crippen MR) is 162 cm³/mol. The Labute approximate surface area is 247 Å². The summed E-state index contributed by atoms with van der Waals surface area (Å²) in [6.07, 6.45) is 1.61. The van der Waals surface area contributed by atoms with Gasteiger partial charge in [0.1, 0.15) is 5.75 Å². The molecule has 0 atom stereocenters. The summed E-state index contributed by atoms with van der Waals surface area (Å²) in [5.41, 5.74) is 3.85. The highest BCUT2D eigenvalue weighted by atomic mass is 32.2. The monoisotopic (exact) mass is 616 g/mol. The first kappa shape index (κ1) is 31.5. The number of fused-ring (bicyclic) bond motifs is 1. The van der Waals surface area contributed by atoms with E-state index in [2.05, 4.69) is 4.72 Å². The molecule has 0 spiro atoms. The van der Waals surface area contributed by atoms with E-state index in [1.807, 2.05) is 12.1 Å². The Morgan fingerprint density at radius 2 is 1.60 bits per heavy atom. The number of sulfone groups is 1. The van der Waals surface area contributed by atoms with Gasteiger partial charge in [-0.2, -0.15) is 0 Å². The lowest BCUT2D eigenvalue weighted by Crippen LogP contribution is -2.37. The van der Waals surface area contributed by atoms with Gasteiger partial charge in [-0.3, -0.25) is 9.52 Å². The molecule has 0 aromatic heterocycles. The summed E-state index contributed by atoms with van der Waals surface area (Å²) >= 11 is 0. The van der Waals surface area contributed by atoms with Crippen molar-refractivity contribution in [3.05, 3.63) is 71.8 Å². The molecule has 3 aromatic rings. The number of rotatable bonds is 11. The SMILES string of the molecule is COCCOCOc1ccc(N2CCc3cc(-c4ccc(S(=O)(=O)C(C)(C)C)cc4)ccc3C2=O)cc1NS(C)(=O)=O. The van der Waals surface area contributed by atoms with Crippen LogP contribution in [0.2, 0.25) is 0 Å². The Morgan fingerprint density at radius 3 is 2.24 bits per heavy atom. The molecule has 4 rings (SSSR count). The summed E-state index contributed by atoms with van der Waals surface area (Å²) in [5, 5.41) is 0. The lowest BCUT2D eigenvalue weighted by atomic mass is 9.94. The topological polar surface area (TPSA) is 128 Å². The number of hydrogen-bond acceptors (Lipinski definition) is 8. The van der Waals surface area contributed by atoms with Crippen LogP contribution in [0.3, 0.4) is 0 Å². The first-order valence-corrected chi connectivity index (χ1v) is 16.7. The minimum Gasteiger partial charge on any atom is -0.465 e. The van der Waals surface area contributed by atoms with E-state index in [4.69, 9.17) is 14.2 Å². The zero-order valence-electron chi connectivity index (χ0n) is 24.3. The summed E-state index contributed by atoms with van der Waals surface area (Å²) in [7, 11) is -5.53. The molecular weight excluding hydrogens is 580 g/mol. The lowest BCUT2D eigenvalue weighted by Gasteiger charge is -2.29. The summed E-state index contributed by atoms with van der Waals surface area (Å²) in [6.45, 7) is 6.01. The number of anilines is 2. The van der Waals surface area contributed by atoms with Gasteiger partial charge in [-0.25, -0.2) is 16.8 Å². The van der Waals surface area contributed by atoms with E-state index in [-0.39, 0.29) is 29.0 Å². The van der Waals surface area contributed by atoms with Crippen LogP contribution in [0.1, 0.15) is 36.7 Å². The molecule has 42 heavy (non-hydrogen) atoms. The Morgan fingerprint density at radius 1 is 0.905 bits per heavy atom. The molecule has 0 fully saturated rings. The van der Waals surface area contributed by atoms with Crippen LogP contribution in [0.5, 0.6) is 5.75 Å². The molecule has 0 radical (unpaired) electrons. The van der Waals surface area contributed by atoms with Crippen molar-refractivity contribution < 1.29 is 35.8 Å². The second-order valence-electron chi connectivity index (χ2n) is 10.9. The van der Waals surface area contributed by atoms with Crippen molar-refractivity contribution in [1.82, 2.24) is 0 Å². The van der Waals surface area contributed by atoms with Crippen molar-refractivity contribution in [2.24, 2.45) is 0 Å². The van der Waals surface area contributed by atoms with E-state index < -0.39 is 24.6 Å². The summed E-state index contributed by atoms with van der Waals surface area (Å²) in [6, 6.07) is 17.2. The van der Waals surface area contributed by atoms with Gasteiger partial charge in [0.15, 0.2) is 16.6 Å². The third-order valence-corrected chi connectivity index (χ3v) is 9.89. The zero-order chi connectivity index (χ0) is 30.7. The smallest absolute Gasteiger partial charge is 0.258 e. The van der Waals surface area contributed by atoms with Crippen LogP contribution in [0.15, 0.2) is 65.6 Å². The molecule has 1 aliphatic heterocycles. The summed E-state index contributed by atoms with van der Waals surface area (Å²) in [4.78, 5) is 15.4. The van der Waals surface area contributed by atoms with Gasteiger partial charge in [0.25, 0.3) is 5.91 Å². The number of methoxy groups -OCH3 is 1. The van der Waals surface area contributed by atoms with Crippen LogP contribution in [0.25, 0.3) is 11.1 Å². The van der Waals surface area contributed by atoms with Gasteiger partial charge >= 0.3 is 0 Å². The zero-order valence-corrected chi connectivity index (χ0v) is 26.0. The minimum atomic E-state index is -3.63. The van der Waals surface area contributed by atoms with Crippen LogP contribution in [0.4, 0.5) is 11.4 Å². The Hall–Kier alpha value is -3.45. The van der Waals surface area contributed by atoms with Crippen molar-refractivity contribution >= 4 is 37.1 Å². The highest BCUT2D eigenvalue weighted by Crippen LogP contribution is 2.34. The average Bonchev–Trinajstić information content (AvgIpc) is 2.92. The van der Waals surface area contributed by atoms with Gasteiger partial charge in [0.05, 0.1) is 34.8 Å². The molecule has 0 saturated heterocycles. The average molecular weight is 617 g/mol. The molecule has 0 aliphatic carbocycles. The maximum Gasteiger partial charge on any atom is 0.258 e. The second-order valence-corrected chi connectivity index (χ2v) is 15.4. The molecule has 1 heterocycles. The number of nitrogens with zero attached hydrogens (tertiary/aromatic N) is 1. The van der Waals surface area contributed by atoms with Crippen LogP contribution >= 0.6 is 0 Å². The maximum absolute atomic E-state index is 13.5. The molecule has 12 heteroatoms. The Bertz CT molecular complexity index is 1660. The van der Waals surface area contributed by atoms with E-state index >= 15 is 0 Å². The van der Waals surface area contributed by atoms with E-state index in [1.54, 1.807) is 81.3 Å². The number of amides is 1. The molecule has 0 unspecified atom stereocenters. The van der Waals surface area contributed by atoms with Crippen molar-refractivity contribution in [1.29, 1.82) is 0 Å². The molecular formula is C30H36N2O8S2. The molecule has 1 aliphatic rings. The predicted octanol–water partition coefficient (Wildman–Crippen LogP) is 4.50. The molecule has 0 saturated carbocycles. The van der Waals surface area contributed by atoms with E-state index in [9.17, 15) is 21.6 Å². The third kappa shape index (κ3) is 7.12. The van der Waals surface area contributed by atoms with Crippen molar-refractivity contribution in [2.45, 2.75) is 36.8 Å². The number of carbonyl (C=O) groups is 1. The first-order valence-electron chi connectivity index (χ1n) is 13.3. The van der Waals surface area contributed by atoms with E-state index in [1.165, 1.54) is 0 Å². The standard InChI is InChI=1S/C30H36N2O8S2/c1-30(2,3)42(36,37)25-10-6-21(7-11-25)22-8-12-26-23(18-22)14-15-32(29(26)33)24-9-13-28(40-20-39-17-16-38-4)27(19-24)31-41(5,34)35/h6-13,18-19,31H,14-17,20H2,1-5H3. The highest BCUT2D eigenvalue weighted by Gasteiger charge is 2.31. The second kappa shape index (κ2) is 12.4. The quantitative estimate of drug-likeness (QED) is 0.246. The minimum absolute atomic E-state index is 0.103. The van der Waals surface area contributed by atoms with Crippen LogP contribution in [-0.2, 0) is 35.8 Å². The summed E-state index contributed by atoms with van der Waals surface area (Å²) in [5.74, 6) is 0.0497. The molecule has 1 amide bonds. The fraction of sp³-hybridized carbons (Fsp3) is 0.367. The van der Waals surface area contributed by atoms with Crippen LogP contribution in [0, 0.1) is 0 Å². The summed E-state index contributed by atoms with van der Waals surface area (Å²) < 4.78 is 67.0. The number of nitrogens with one attached hydrogen (secondary N) is 1. The van der Waals surface area contributed by atoms with Gasteiger partial charge in [-0.05, 0) is 80.3 Å². The number of benzene rings is 3. The van der Waals surface area contributed by atoms with Gasteiger partial charge in [0.2, 0.25) is 10.0 Å². The molecule has 226 valence electrons. The number of carbonyl (C=O) groups excluding carboxylic acids is 1. The maximum atomic E-state index is 13.5. The highest BCUT2D eigenvalue weighted by molar-refractivity contribution is 7.92. The molecule has 0 bridgehead atoms. The number of hydrogen-bond donors (Lipinski definition) is 1. The van der Waals surface area contributed by atoms with Gasteiger partial charge in [-0.15, -0.1) is 0 Å². The Kier molecular flexibility index (Phi) is 9.31. The van der Waals surface area contributed by atoms with Gasteiger partial charge in [0, 0.05) is 24.9 Å². The molecule has 1 N–H and O–H groups in total. The van der Waals surface area contributed by atoms with Crippen LogP contribution < -0.4 is 14.4 Å². The van der Waals surface area contributed by atoms with Crippen molar-refractivity contribution in [2.75, 3.05) is 49.5 Å². The lowest BCUT2D eigenvalue weighted by molar-refractivity contribution is -0.00814. The van der Waals surface area contributed by atoms with Crippen molar-refractivity contribution in [3.8, 4) is 16.9 Å². The normalized spacial score (nSPS) is 14.0. The fourth-order valence-electron chi connectivity index (χ4n) is 4.49. The molecule has 10 nitrogen and oxygen atoms in total. The fourth-order valence-corrected chi connectivity index (χ4v) is 6.25. The van der Waals surface area contributed by atoms with E-state index in [0.29, 0.717) is 37.4 Å². The number of sulfonamides is 1. The molecule has 3 aromatic carbocycles. The first-order chi connectivity index (χ1) is 19.7. The largest absolute Gasteiger partial charge is 0.465 e. The van der Waals surface area contributed by atoms with Gasteiger partial charge in [-0.1, -0.05) is 24.3 Å². The Balaban J connectivity index is 1.55. The third-order valence-electron chi connectivity index (χ3n) is 6.79. The van der Waals surface area contributed by atoms with Crippen LogP contribution in [-0.4, -0.2) is 67.4 Å². The van der Waals surface area contributed by atoms with Gasteiger partial charge < -0.3 is 19.1 Å².